The molecule has 21 heavy (non-hydrogen) atoms. The van der Waals surface area contributed by atoms with Crippen LogP contribution in [0.5, 0.6) is 0 Å². The fourth-order valence-corrected chi connectivity index (χ4v) is 2.33. The first-order valence-corrected chi connectivity index (χ1v) is 7.52. The van der Waals surface area contributed by atoms with Gasteiger partial charge in [0.05, 0.1) is 6.10 Å². The van der Waals surface area contributed by atoms with Gasteiger partial charge in [0.2, 0.25) is 0 Å². The molecule has 0 fully saturated rings. The van der Waals surface area contributed by atoms with Crippen molar-refractivity contribution in [3.05, 3.63) is 24.3 Å². The number of urea groups is 1. The van der Waals surface area contributed by atoms with Gasteiger partial charge in [0.15, 0.2) is 0 Å². The van der Waals surface area contributed by atoms with E-state index in [1.54, 1.807) is 19.1 Å². The maximum absolute atomic E-state index is 12.2. The normalized spacial score (nSPS) is 13.8. The van der Waals surface area contributed by atoms with E-state index in [4.69, 9.17) is 0 Å². The summed E-state index contributed by atoms with van der Waals surface area (Å²) in [7, 11) is 0. The van der Waals surface area contributed by atoms with E-state index in [2.05, 4.69) is 10.6 Å². The molecule has 2 amide bonds. The SMILES string of the molecule is C[C@H](CNC(=O)Nc1ccc(SC(F)F)cc1)C[C@@H](C)O. The molecule has 1 rings (SSSR count). The molecule has 0 heterocycles. The van der Waals surface area contributed by atoms with Crippen molar-refractivity contribution >= 4 is 23.5 Å². The first kappa shape index (κ1) is 17.7. The number of nitrogens with one attached hydrogen (secondary N) is 2. The van der Waals surface area contributed by atoms with Gasteiger partial charge >= 0.3 is 6.03 Å². The molecule has 0 bridgehead atoms. The van der Waals surface area contributed by atoms with Gasteiger partial charge in [0.25, 0.3) is 5.76 Å². The Balaban J connectivity index is 2.37. The lowest BCUT2D eigenvalue weighted by Gasteiger charge is -2.14. The lowest BCUT2D eigenvalue weighted by Crippen LogP contribution is -2.33. The van der Waals surface area contributed by atoms with Gasteiger partial charge in [-0.15, -0.1) is 0 Å². The van der Waals surface area contributed by atoms with Gasteiger partial charge in [-0.1, -0.05) is 18.7 Å². The third kappa shape index (κ3) is 7.87. The molecule has 0 spiro atoms. The molecule has 0 radical (unpaired) electrons. The largest absolute Gasteiger partial charge is 0.393 e. The van der Waals surface area contributed by atoms with Crippen molar-refractivity contribution in [2.75, 3.05) is 11.9 Å². The molecule has 0 saturated heterocycles. The fourth-order valence-electron chi connectivity index (χ4n) is 1.83. The molecule has 0 aliphatic rings. The highest BCUT2D eigenvalue weighted by atomic mass is 32.2. The van der Waals surface area contributed by atoms with E-state index in [1.165, 1.54) is 12.1 Å². The molecule has 0 aliphatic carbocycles. The van der Waals surface area contributed by atoms with Gasteiger partial charge in [-0.2, -0.15) is 8.78 Å². The minimum Gasteiger partial charge on any atom is -0.393 e. The molecule has 1 aromatic carbocycles. The van der Waals surface area contributed by atoms with Crippen LogP contribution in [-0.2, 0) is 0 Å². The zero-order chi connectivity index (χ0) is 15.8. The standard InChI is InChI=1S/C14H20F2N2O2S/c1-9(7-10(2)19)8-17-14(20)18-11-3-5-12(6-4-11)21-13(15)16/h3-6,9-10,13,19H,7-8H2,1-2H3,(H2,17,18,20)/t9-,10+/m0/s1. The molecule has 2 atom stereocenters. The first-order chi connectivity index (χ1) is 9.86. The minimum atomic E-state index is -2.46. The number of hydrogen-bond acceptors (Lipinski definition) is 3. The number of carbonyl (C=O) groups is 1. The highest BCUT2D eigenvalue weighted by Crippen LogP contribution is 2.26. The summed E-state index contributed by atoms with van der Waals surface area (Å²) in [4.78, 5) is 12.1. The molecule has 0 unspecified atom stereocenters. The second-order valence-electron chi connectivity index (χ2n) is 4.93. The molecule has 1 aromatic rings. The Hall–Kier alpha value is -1.34. The molecular formula is C14H20F2N2O2S. The average molecular weight is 318 g/mol. The number of halogens is 2. The number of aliphatic hydroxyl groups excluding tert-OH is 1. The summed E-state index contributed by atoms with van der Waals surface area (Å²) in [5.74, 6) is -2.29. The quantitative estimate of drug-likeness (QED) is 0.674. The summed E-state index contributed by atoms with van der Waals surface area (Å²) in [6, 6.07) is 5.85. The highest BCUT2D eigenvalue weighted by Gasteiger charge is 2.09. The number of benzene rings is 1. The molecule has 118 valence electrons. The number of aliphatic hydroxyl groups is 1. The van der Waals surface area contributed by atoms with E-state index < -0.39 is 11.9 Å². The highest BCUT2D eigenvalue weighted by molar-refractivity contribution is 7.99. The van der Waals surface area contributed by atoms with Crippen molar-refractivity contribution in [3.63, 3.8) is 0 Å². The van der Waals surface area contributed by atoms with Crippen LogP contribution in [0.15, 0.2) is 29.2 Å². The lowest BCUT2D eigenvalue weighted by atomic mass is 10.1. The Kier molecular flexibility index (Phi) is 7.45. The summed E-state index contributed by atoms with van der Waals surface area (Å²) >= 11 is 0.460. The summed E-state index contributed by atoms with van der Waals surface area (Å²) in [6.07, 6.45) is 0.213. The smallest absolute Gasteiger partial charge is 0.319 e. The third-order valence-electron chi connectivity index (χ3n) is 2.69. The Labute approximate surface area is 127 Å². The third-order valence-corrected chi connectivity index (χ3v) is 3.41. The van der Waals surface area contributed by atoms with Gasteiger partial charge in [0.1, 0.15) is 0 Å². The Morgan fingerprint density at radius 1 is 1.29 bits per heavy atom. The number of alkyl halides is 2. The summed E-state index contributed by atoms with van der Waals surface area (Å²) < 4.78 is 24.3. The van der Waals surface area contributed by atoms with Crippen LogP contribution in [-0.4, -0.2) is 29.5 Å². The van der Waals surface area contributed by atoms with Crippen LogP contribution in [0.3, 0.4) is 0 Å². The van der Waals surface area contributed by atoms with E-state index in [0.717, 1.165) is 0 Å². The molecule has 3 N–H and O–H groups in total. The predicted octanol–water partition coefficient (Wildman–Crippen LogP) is 3.53. The van der Waals surface area contributed by atoms with E-state index in [-0.39, 0.29) is 11.9 Å². The van der Waals surface area contributed by atoms with E-state index in [9.17, 15) is 18.7 Å². The molecule has 7 heteroatoms. The summed E-state index contributed by atoms with van der Waals surface area (Å²) in [5, 5.41) is 14.5. The van der Waals surface area contributed by atoms with Crippen LogP contribution >= 0.6 is 11.8 Å². The molecular weight excluding hydrogens is 298 g/mol. The predicted molar refractivity (Wildman–Crippen MR) is 80.8 cm³/mol. The van der Waals surface area contributed by atoms with E-state index >= 15 is 0 Å². The number of rotatable bonds is 7. The number of amides is 2. The van der Waals surface area contributed by atoms with Crippen molar-refractivity contribution in [2.24, 2.45) is 5.92 Å². The molecule has 4 nitrogen and oxygen atoms in total. The number of anilines is 1. The maximum atomic E-state index is 12.2. The van der Waals surface area contributed by atoms with Crippen LogP contribution < -0.4 is 10.6 Å². The van der Waals surface area contributed by atoms with Gasteiger partial charge in [-0.3, -0.25) is 0 Å². The van der Waals surface area contributed by atoms with Gasteiger partial charge < -0.3 is 15.7 Å². The number of thioether (sulfide) groups is 1. The second kappa shape index (κ2) is 8.84. The van der Waals surface area contributed by atoms with Gasteiger partial charge in [-0.05, 0) is 43.5 Å². The summed E-state index contributed by atoms with van der Waals surface area (Å²) in [6.45, 7) is 4.09. The van der Waals surface area contributed by atoms with Crippen LogP contribution in [0.1, 0.15) is 20.3 Å². The van der Waals surface area contributed by atoms with E-state index in [1.807, 2.05) is 6.92 Å². The average Bonchev–Trinajstić information content (AvgIpc) is 2.37. The van der Waals surface area contributed by atoms with Crippen LogP contribution in [0, 0.1) is 5.92 Å². The Morgan fingerprint density at radius 3 is 2.43 bits per heavy atom. The van der Waals surface area contributed by atoms with Crippen LogP contribution in [0.2, 0.25) is 0 Å². The lowest BCUT2D eigenvalue weighted by molar-refractivity contribution is 0.163. The van der Waals surface area contributed by atoms with Crippen LogP contribution in [0.25, 0.3) is 0 Å². The van der Waals surface area contributed by atoms with Crippen molar-refractivity contribution < 1.29 is 18.7 Å². The number of hydrogen-bond donors (Lipinski definition) is 3. The fraction of sp³-hybridized carbons (Fsp3) is 0.500. The number of carbonyl (C=O) groups excluding carboxylic acids is 1. The zero-order valence-electron chi connectivity index (χ0n) is 12.0. The van der Waals surface area contributed by atoms with E-state index in [0.29, 0.717) is 35.3 Å². The topological polar surface area (TPSA) is 61.4 Å². The second-order valence-corrected chi connectivity index (χ2v) is 5.99. The van der Waals surface area contributed by atoms with Crippen molar-refractivity contribution in [1.29, 1.82) is 0 Å². The molecule has 0 aliphatic heterocycles. The zero-order valence-corrected chi connectivity index (χ0v) is 12.8. The summed E-state index contributed by atoms with van der Waals surface area (Å²) in [5.41, 5.74) is 0.536. The Bertz CT molecular complexity index is 441. The molecule has 0 aromatic heterocycles. The monoisotopic (exact) mass is 318 g/mol. The van der Waals surface area contributed by atoms with Crippen molar-refractivity contribution in [1.82, 2.24) is 5.32 Å². The maximum Gasteiger partial charge on any atom is 0.319 e. The first-order valence-electron chi connectivity index (χ1n) is 6.64. The van der Waals surface area contributed by atoms with Gasteiger partial charge in [0, 0.05) is 17.1 Å². The Morgan fingerprint density at radius 2 is 1.90 bits per heavy atom. The van der Waals surface area contributed by atoms with Crippen LogP contribution in [0.4, 0.5) is 19.3 Å². The molecule has 0 saturated carbocycles. The van der Waals surface area contributed by atoms with Crippen molar-refractivity contribution in [2.45, 2.75) is 37.0 Å². The van der Waals surface area contributed by atoms with Crippen molar-refractivity contribution in [3.8, 4) is 0 Å². The van der Waals surface area contributed by atoms with Gasteiger partial charge in [-0.25, -0.2) is 4.79 Å². The minimum absolute atomic E-state index is 0.167.